The fourth-order valence-corrected chi connectivity index (χ4v) is 2.33. The maximum Gasteiger partial charge on any atom is 0.277 e. The second-order valence-corrected chi connectivity index (χ2v) is 5.52. The zero-order valence-electron chi connectivity index (χ0n) is 15.0. The van der Waals surface area contributed by atoms with E-state index in [4.69, 9.17) is 9.47 Å². The van der Waals surface area contributed by atoms with Crippen molar-refractivity contribution in [3.63, 3.8) is 0 Å². The van der Waals surface area contributed by atoms with Gasteiger partial charge in [-0.05, 0) is 40.6 Å². The average Bonchev–Trinajstić information content (AvgIpc) is 3.14. The SMILES string of the molecule is COc1ccc(/C=N\n2nnc(C(=O)NCc3ccccc3)c2OC)cc1. The molecular formula is C19H19N5O3. The highest BCUT2D eigenvalue weighted by atomic mass is 16.5. The number of nitrogens with one attached hydrogen (secondary N) is 1. The third-order valence-corrected chi connectivity index (χ3v) is 3.75. The van der Waals surface area contributed by atoms with Crippen molar-refractivity contribution >= 4 is 12.1 Å². The molecule has 0 aliphatic rings. The van der Waals surface area contributed by atoms with Gasteiger partial charge in [0.2, 0.25) is 5.69 Å². The smallest absolute Gasteiger partial charge is 0.277 e. The van der Waals surface area contributed by atoms with Crippen LogP contribution in [0.25, 0.3) is 0 Å². The Hall–Kier alpha value is -3.68. The molecule has 1 amide bonds. The van der Waals surface area contributed by atoms with Crippen LogP contribution in [0.15, 0.2) is 59.7 Å². The molecule has 1 N–H and O–H groups in total. The molecule has 0 bridgehead atoms. The molecule has 2 aromatic carbocycles. The lowest BCUT2D eigenvalue weighted by Gasteiger charge is -2.05. The number of ether oxygens (including phenoxy) is 2. The van der Waals surface area contributed by atoms with Gasteiger partial charge in [-0.2, -0.15) is 5.10 Å². The molecule has 27 heavy (non-hydrogen) atoms. The van der Waals surface area contributed by atoms with Crippen LogP contribution in [0.5, 0.6) is 11.6 Å². The molecule has 0 saturated heterocycles. The predicted octanol–water partition coefficient (Wildman–Crippen LogP) is 2.11. The molecule has 3 aromatic rings. The van der Waals surface area contributed by atoms with E-state index >= 15 is 0 Å². The zero-order chi connectivity index (χ0) is 19.1. The zero-order valence-corrected chi connectivity index (χ0v) is 15.0. The number of hydrogen-bond acceptors (Lipinski definition) is 6. The van der Waals surface area contributed by atoms with Gasteiger partial charge in [0.05, 0.1) is 20.4 Å². The topological polar surface area (TPSA) is 90.6 Å². The van der Waals surface area contributed by atoms with Gasteiger partial charge in [0.15, 0.2) is 0 Å². The number of benzene rings is 2. The monoisotopic (exact) mass is 365 g/mol. The van der Waals surface area contributed by atoms with E-state index in [-0.39, 0.29) is 17.5 Å². The average molecular weight is 365 g/mol. The van der Waals surface area contributed by atoms with E-state index in [1.165, 1.54) is 11.9 Å². The van der Waals surface area contributed by atoms with Crippen LogP contribution in [0, 0.1) is 0 Å². The number of methoxy groups -OCH3 is 2. The van der Waals surface area contributed by atoms with Gasteiger partial charge in [0, 0.05) is 6.54 Å². The number of carbonyl (C=O) groups is 1. The molecule has 8 nitrogen and oxygen atoms in total. The van der Waals surface area contributed by atoms with Gasteiger partial charge in [-0.3, -0.25) is 4.79 Å². The number of amides is 1. The molecule has 0 atom stereocenters. The summed E-state index contributed by atoms with van der Waals surface area (Å²) in [6, 6.07) is 16.9. The molecule has 0 unspecified atom stereocenters. The largest absolute Gasteiger partial charge is 0.497 e. The molecule has 8 heteroatoms. The van der Waals surface area contributed by atoms with Crippen LogP contribution >= 0.6 is 0 Å². The lowest BCUT2D eigenvalue weighted by atomic mass is 10.2. The summed E-state index contributed by atoms with van der Waals surface area (Å²) in [6.07, 6.45) is 1.59. The minimum absolute atomic E-state index is 0.0697. The Morgan fingerprint density at radius 2 is 1.85 bits per heavy atom. The fourth-order valence-electron chi connectivity index (χ4n) is 2.33. The van der Waals surface area contributed by atoms with E-state index in [0.717, 1.165) is 16.9 Å². The van der Waals surface area contributed by atoms with Crippen LogP contribution < -0.4 is 14.8 Å². The van der Waals surface area contributed by atoms with Crippen LogP contribution in [0.2, 0.25) is 0 Å². The number of aromatic nitrogens is 3. The summed E-state index contributed by atoms with van der Waals surface area (Å²) in [5, 5.41) is 14.7. The molecule has 138 valence electrons. The van der Waals surface area contributed by atoms with Gasteiger partial charge in [-0.1, -0.05) is 35.1 Å². The van der Waals surface area contributed by atoms with Crippen LogP contribution in [-0.2, 0) is 6.54 Å². The Bertz CT molecular complexity index is 920. The van der Waals surface area contributed by atoms with Crippen molar-refractivity contribution in [3.8, 4) is 11.6 Å². The number of nitrogens with zero attached hydrogens (tertiary/aromatic N) is 4. The second kappa shape index (κ2) is 8.61. The Balaban J connectivity index is 1.71. The minimum atomic E-state index is -0.387. The van der Waals surface area contributed by atoms with Gasteiger partial charge in [0.1, 0.15) is 5.75 Å². The van der Waals surface area contributed by atoms with Crippen molar-refractivity contribution in [2.75, 3.05) is 14.2 Å². The van der Waals surface area contributed by atoms with Gasteiger partial charge in [0.25, 0.3) is 11.8 Å². The van der Waals surface area contributed by atoms with E-state index in [0.29, 0.717) is 6.54 Å². The summed E-state index contributed by atoms with van der Waals surface area (Å²) in [6.45, 7) is 0.380. The number of hydrogen-bond donors (Lipinski definition) is 1. The Morgan fingerprint density at radius 3 is 2.52 bits per heavy atom. The maximum atomic E-state index is 12.4. The molecule has 1 heterocycles. The highest BCUT2D eigenvalue weighted by molar-refractivity contribution is 5.94. The van der Waals surface area contributed by atoms with E-state index in [9.17, 15) is 4.79 Å². The maximum absolute atomic E-state index is 12.4. The van der Waals surface area contributed by atoms with E-state index in [1.807, 2.05) is 54.6 Å². The Labute approximate surface area is 156 Å². The first-order valence-corrected chi connectivity index (χ1v) is 8.21. The van der Waals surface area contributed by atoms with Crippen molar-refractivity contribution in [1.82, 2.24) is 20.4 Å². The lowest BCUT2D eigenvalue weighted by Crippen LogP contribution is -2.23. The number of rotatable bonds is 7. The van der Waals surface area contributed by atoms with Crippen molar-refractivity contribution in [3.05, 3.63) is 71.4 Å². The van der Waals surface area contributed by atoms with E-state index in [2.05, 4.69) is 20.7 Å². The van der Waals surface area contributed by atoms with Crippen molar-refractivity contribution in [1.29, 1.82) is 0 Å². The standard InChI is InChI=1S/C19H19N5O3/c1-26-16-10-8-15(9-11-16)13-21-24-19(27-2)17(22-23-24)18(25)20-12-14-6-4-3-5-7-14/h3-11,13H,12H2,1-2H3,(H,20,25)/b21-13-. The Morgan fingerprint density at radius 1 is 1.11 bits per heavy atom. The summed E-state index contributed by atoms with van der Waals surface area (Å²) in [5.41, 5.74) is 1.89. The first kappa shape index (κ1) is 18.1. The molecule has 0 radical (unpaired) electrons. The van der Waals surface area contributed by atoms with E-state index < -0.39 is 0 Å². The molecule has 0 spiro atoms. The fraction of sp³-hybridized carbons (Fsp3) is 0.158. The lowest BCUT2D eigenvalue weighted by molar-refractivity contribution is 0.0942. The molecule has 3 rings (SSSR count). The van der Waals surface area contributed by atoms with Gasteiger partial charge in [-0.25, -0.2) is 0 Å². The first-order valence-electron chi connectivity index (χ1n) is 8.21. The number of carbonyl (C=O) groups excluding carboxylic acids is 1. The van der Waals surface area contributed by atoms with Crippen molar-refractivity contribution in [2.45, 2.75) is 6.54 Å². The third-order valence-electron chi connectivity index (χ3n) is 3.75. The van der Waals surface area contributed by atoms with Crippen LogP contribution in [0.4, 0.5) is 0 Å². The van der Waals surface area contributed by atoms with Crippen LogP contribution in [0.3, 0.4) is 0 Å². The van der Waals surface area contributed by atoms with Crippen molar-refractivity contribution < 1.29 is 14.3 Å². The molecule has 0 fully saturated rings. The highest BCUT2D eigenvalue weighted by Gasteiger charge is 2.20. The summed E-state index contributed by atoms with van der Waals surface area (Å²) in [5.74, 6) is 0.523. The summed E-state index contributed by atoms with van der Waals surface area (Å²) < 4.78 is 10.4. The second-order valence-electron chi connectivity index (χ2n) is 5.52. The first-order chi connectivity index (χ1) is 13.2. The summed E-state index contributed by atoms with van der Waals surface area (Å²) in [4.78, 5) is 13.6. The quantitative estimate of drug-likeness (QED) is 0.648. The minimum Gasteiger partial charge on any atom is -0.497 e. The van der Waals surface area contributed by atoms with Gasteiger partial charge in [-0.15, -0.1) is 5.10 Å². The highest BCUT2D eigenvalue weighted by Crippen LogP contribution is 2.15. The Kier molecular flexibility index (Phi) is 5.78. The summed E-state index contributed by atoms with van der Waals surface area (Å²) >= 11 is 0. The summed E-state index contributed by atoms with van der Waals surface area (Å²) in [7, 11) is 3.04. The van der Waals surface area contributed by atoms with Crippen LogP contribution in [-0.4, -0.2) is 41.4 Å². The van der Waals surface area contributed by atoms with Crippen molar-refractivity contribution in [2.24, 2.45) is 5.10 Å². The molecule has 0 saturated carbocycles. The van der Waals surface area contributed by atoms with Gasteiger partial charge < -0.3 is 14.8 Å². The van der Waals surface area contributed by atoms with Crippen LogP contribution in [0.1, 0.15) is 21.6 Å². The molecule has 1 aromatic heterocycles. The van der Waals surface area contributed by atoms with E-state index in [1.54, 1.807) is 13.3 Å². The third kappa shape index (κ3) is 4.49. The normalized spacial score (nSPS) is 10.7. The predicted molar refractivity (Wildman–Crippen MR) is 100 cm³/mol. The molecule has 0 aliphatic heterocycles. The molecule has 0 aliphatic carbocycles. The van der Waals surface area contributed by atoms with Gasteiger partial charge >= 0.3 is 0 Å². The molecular weight excluding hydrogens is 346 g/mol.